The number of rotatable bonds is 5. The van der Waals surface area contributed by atoms with Crippen molar-refractivity contribution in [2.24, 2.45) is 5.92 Å². The molecule has 3 nitrogen and oxygen atoms in total. The molecule has 0 fully saturated rings. The lowest BCUT2D eigenvalue weighted by molar-refractivity contribution is 0.0447. The van der Waals surface area contributed by atoms with Crippen LogP contribution in [0.15, 0.2) is 0 Å². The second-order valence-electron chi connectivity index (χ2n) is 3.12. The maximum atomic E-state index is 10.9. The molecular weight excluding hydrogens is 283 g/mol. The van der Waals surface area contributed by atoms with E-state index in [4.69, 9.17) is 9.47 Å². The molecule has 0 aromatic heterocycles. The van der Waals surface area contributed by atoms with Crippen LogP contribution in [0.25, 0.3) is 0 Å². The maximum Gasteiger partial charge on any atom is 0.509 e. The van der Waals surface area contributed by atoms with Gasteiger partial charge in [-0.3, -0.25) is 0 Å². The van der Waals surface area contributed by atoms with Crippen molar-refractivity contribution in [3.63, 3.8) is 0 Å². The van der Waals surface area contributed by atoms with Crippen LogP contribution in [0.1, 0.15) is 33.6 Å². The molecule has 13 heavy (non-hydrogen) atoms. The Morgan fingerprint density at radius 3 is 2.54 bits per heavy atom. The summed E-state index contributed by atoms with van der Waals surface area (Å²) in [6, 6.07) is 0. The third-order valence-electron chi connectivity index (χ3n) is 1.53. The predicted octanol–water partition coefficient (Wildman–Crippen LogP) is 3.36. The van der Waals surface area contributed by atoms with Crippen LogP contribution in [-0.2, 0) is 9.47 Å². The third kappa shape index (κ3) is 8.33. The molecule has 0 rings (SSSR count). The van der Waals surface area contributed by atoms with Crippen molar-refractivity contribution in [3.8, 4) is 0 Å². The number of carbonyl (C=O) groups excluding carboxylic acids is 1. The SMILES string of the molecule is CCCC(C)COC(=O)OC(C)I. The van der Waals surface area contributed by atoms with Gasteiger partial charge in [0, 0.05) is 0 Å². The number of ether oxygens (including phenoxy) is 2. The quantitative estimate of drug-likeness (QED) is 0.444. The van der Waals surface area contributed by atoms with Crippen LogP contribution in [0.2, 0.25) is 0 Å². The summed E-state index contributed by atoms with van der Waals surface area (Å²) in [6.07, 6.45) is 1.62. The van der Waals surface area contributed by atoms with Crippen molar-refractivity contribution >= 4 is 28.7 Å². The fraction of sp³-hybridized carbons (Fsp3) is 0.889. The summed E-state index contributed by atoms with van der Waals surface area (Å²) < 4.78 is 9.57. The van der Waals surface area contributed by atoms with Crippen LogP contribution in [-0.4, -0.2) is 16.9 Å². The summed E-state index contributed by atoms with van der Waals surface area (Å²) in [7, 11) is 0. The minimum Gasteiger partial charge on any atom is -0.434 e. The van der Waals surface area contributed by atoms with E-state index in [-0.39, 0.29) is 4.11 Å². The minimum absolute atomic E-state index is 0.133. The molecule has 0 spiro atoms. The van der Waals surface area contributed by atoms with E-state index in [0.29, 0.717) is 12.5 Å². The topological polar surface area (TPSA) is 35.5 Å². The predicted molar refractivity (Wildman–Crippen MR) is 60.0 cm³/mol. The highest BCUT2D eigenvalue weighted by Gasteiger charge is 2.09. The Balaban J connectivity index is 3.46. The van der Waals surface area contributed by atoms with Crippen LogP contribution in [0, 0.1) is 5.92 Å². The molecule has 0 saturated carbocycles. The molecule has 0 aliphatic rings. The highest BCUT2D eigenvalue weighted by atomic mass is 127. The average molecular weight is 300 g/mol. The number of hydrogen-bond donors (Lipinski definition) is 0. The highest BCUT2D eigenvalue weighted by Crippen LogP contribution is 2.07. The van der Waals surface area contributed by atoms with Crippen molar-refractivity contribution in [2.75, 3.05) is 6.61 Å². The number of hydrogen-bond acceptors (Lipinski definition) is 3. The van der Waals surface area contributed by atoms with E-state index in [2.05, 4.69) is 13.8 Å². The molecule has 0 aromatic rings. The molecule has 2 atom stereocenters. The molecule has 0 aliphatic heterocycles. The van der Waals surface area contributed by atoms with Crippen LogP contribution >= 0.6 is 22.6 Å². The van der Waals surface area contributed by atoms with E-state index in [0.717, 1.165) is 12.8 Å². The van der Waals surface area contributed by atoms with Gasteiger partial charge in [0.25, 0.3) is 0 Å². The number of carbonyl (C=O) groups is 1. The van der Waals surface area contributed by atoms with Crippen LogP contribution in [0.5, 0.6) is 0 Å². The molecule has 0 heterocycles. The number of halogens is 1. The summed E-state index contributed by atoms with van der Waals surface area (Å²) in [5, 5.41) is 0. The van der Waals surface area contributed by atoms with Gasteiger partial charge < -0.3 is 9.47 Å². The van der Waals surface area contributed by atoms with E-state index in [1.807, 2.05) is 22.6 Å². The van der Waals surface area contributed by atoms with Crippen molar-refractivity contribution in [1.29, 1.82) is 0 Å². The summed E-state index contributed by atoms with van der Waals surface area (Å²) >= 11 is 2.01. The van der Waals surface area contributed by atoms with E-state index in [9.17, 15) is 4.79 Å². The van der Waals surface area contributed by atoms with E-state index in [1.165, 1.54) is 0 Å². The van der Waals surface area contributed by atoms with E-state index < -0.39 is 6.16 Å². The average Bonchev–Trinajstić information content (AvgIpc) is 2.00. The van der Waals surface area contributed by atoms with Crippen molar-refractivity contribution in [3.05, 3.63) is 0 Å². The monoisotopic (exact) mass is 300 g/mol. The minimum atomic E-state index is -0.565. The van der Waals surface area contributed by atoms with Crippen LogP contribution in [0.4, 0.5) is 4.79 Å². The summed E-state index contributed by atoms with van der Waals surface area (Å²) in [4.78, 5) is 10.9. The molecule has 0 bridgehead atoms. The smallest absolute Gasteiger partial charge is 0.434 e. The van der Waals surface area contributed by atoms with Gasteiger partial charge in [0.2, 0.25) is 0 Å². The first-order valence-corrected chi connectivity index (χ1v) is 5.78. The van der Waals surface area contributed by atoms with Crippen molar-refractivity contribution in [2.45, 2.75) is 37.7 Å². The van der Waals surface area contributed by atoms with E-state index >= 15 is 0 Å². The highest BCUT2D eigenvalue weighted by molar-refractivity contribution is 14.1. The first-order valence-electron chi connectivity index (χ1n) is 4.53. The first kappa shape index (κ1) is 13.0. The Kier molecular flexibility index (Phi) is 7.41. The Morgan fingerprint density at radius 2 is 2.08 bits per heavy atom. The van der Waals surface area contributed by atoms with Crippen LogP contribution < -0.4 is 0 Å². The van der Waals surface area contributed by atoms with Gasteiger partial charge in [0.15, 0.2) is 4.11 Å². The molecule has 2 unspecified atom stereocenters. The van der Waals surface area contributed by atoms with Gasteiger partial charge in [0.05, 0.1) is 6.61 Å². The van der Waals surface area contributed by atoms with Gasteiger partial charge in [-0.2, -0.15) is 0 Å². The van der Waals surface area contributed by atoms with Gasteiger partial charge in [0.1, 0.15) is 0 Å². The second-order valence-corrected chi connectivity index (χ2v) is 4.87. The third-order valence-corrected chi connectivity index (χ3v) is 1.78. The Morgan fingerprint density at radius 1 is 1.46 bits per heavy atom. The molecular formula is C9H17IO3. The molecule has 0 N–H and O–H groups in total. The largest absolute Gasteiger partial charge is 0.509 e. The lowest BCUT2D eigenvalue weighted by atomic mass is 10.1. The second kappa shape index (κ2) is 7.41. The zero-order valence-corrected chi connectivity index (χ0v) is 10.5. The Labute approximate surface area is 93.3 Å². The van der Waals surface area contributed by atoms with Crippen LogP contribution in [0.3, 0.4) is 0 Å². The molecule has 78 valence electrons. The standard InChI is InChI=1S/C9H17IO3/c1-4-5-7(2)6-12-9(11)13-8(3)10/h7-8H,4-6H2,1-3H3. The normalized spacial score (nSPS) is 14.8. The lowest BCUT2D eigenvalue weighted by Gasteiger charge is -2.11. The molecule has 0 saturated heterocycles. The summed E-state index contributed by atoms with van der Waals surface area (Å²) in [5.41, 5.74) is 0. The van der Waals surface area contributed by atoms with Gasteiger partial charge in [-0.25, -0.2) is 4.79 Å². The molecule has 0 amide bonds. The Hall–Kier alpha value is 0. The van der Waals surface area contributed by atoms with Gasteiger partial charge in [-0.1, -0.05) is 20.3 Å². The van der Waals surface area contributed by atoms with Crippen molar-refractivity contribution in [1.82, 2.24) is 0 Å². The van der Waals surface area contributed by atoms with Gasteiger partial charge >= 0.3 is 6.16 Å². The fourth-order valence-electron chi connectivity index (χ4n) is 0.953. The summed E-state index contributed by atoms with van der Waals surface area (Å²) in [5.74, 6) is 0.419. The summed E-state index contributed by atoms with van der Waals surface area (Å²) in [6.45, 7) is 6.42. The van der Waals surface area contributed by atoms with Gasteiger partial charge in [-0.15, -0.1) is 0 Å². The fourth-order valence-corrected chi connectivity index (χ4v) is 1.16. The zero-order valence-electron chi connectivity index (χ0n) is 8.38. The lowest BCUT2D eigenvalue weighted by Crippen LogP contribution is -2.15. The molecule has 0 radical (unpaired) electrons. The maximum absolute atomic E-state index is 10.9. The molecule has 0 aromatic carbocycles. The molecule has 0 aliphatic carbocycles. The van der Waals surface area contributed by atoms with Gasteiger partial charge in [-0.05, 0) is 41.9 Å². The van der Waals surface area contributed by atoms with Crippen molar-refractivity contribution < 1.29 is 14.3 Å². The van der Waals surface area contributed by atoms with E-state index in [1.54, 1.807) is 6.92 Å². The zero-order chi connectivity index (χ0) is 10.3. The first-order chi connectivity index (χ1) is 6.06. The number of alkyl halides is 1. The Bertz CT molecular complexity index is 148. The molecule has 4 heteroatoms.